The number of carbonyl (C=O) groups is 2. The van der Waals surface area contributed by atoms with Gasteiger partial charge in [0.25, 0.3) is 0 Å². The number of carbonyl (C=O) groups excluding carboxylic acids is 2. The number of hydrogen-bond donors (Lipinski definition) is 0. The molecular formula is C22H32N4O5. The Kier molecular flexibility index (Phi) is 7.02. The third-order valence-electron chi connectivity index (χ3n) is 5.32. The van der Waals surface area contributed by atoms with E-state index in [1.54, 1.807) is 11.2 Å². The van der Waals surface area contributed by atoms with Crippen LogP contribution in [0.5, 0.6) is 5.75 Å². The fraction of sp³-hybridized carbons (Fsp3) is 0.636. The number of fused-ring (bicyclic) bond motifs is 1. The number of methoxy groups -OCH3 is 1. The van der Waals surface area contributed by atoms with E-state index in [1.807, 2.05) is 32.3 Å². The molecule has 0 unspecified atom stereocenters. The van der Waals surface area contributed by atoms with E-state index in [2.05, 4.69) is 9.97 Å². The van der Waals surface area contributed by atoms with Crippen molar-refractivity contribution in [3.8, 4) is 5.75 Å². The maximum absolute atomic E-state index is 12.2. The number of aryl methyl sites for hydroxylation is 1. The van der Waals surface area contributed by atoms with Gasteiger partial charge in [0.05, 0.1) is 20.0 Å². The third-order valence-corrected chi connectivity index (χ3v) is 5.32. The quantitative estimate of drug-likeness (QED) is 0.643. The summed E-state index contributed by atoms with van der Waals surface area (Å²) in [7, 11) is 1.33. The minimum Gasteiger partial charge on any atom is -0.490 e. The van der Waals surface area contributed by atoms with Crippen molar-refractivity contribution in [3.63, 3.8) is 0 Å². The summed E-state index contributed by atoms with van der Waals surface area (Å²) < 4.78 is 18.0. The van der Waals surface area contributed by atoms with Crippen LogP contribution in [-0.4, -0.2) is 63.9 Å². The lowest BCUT2D eigenvalue weighted by Gasteiger charge is -2.33. The van der Waals surface area contributed by atoms with E-state index in [1.165, 1.54) is 13.3 Å². The number of hydrogen-bond acceptors (Lipinski definition) is 7. The zero-order valence-electron chi connectivity index (χ0n) is 19.0. The van der Waals surface area contributed by atoms with Crippen LogP contribution in [0.3, 0.4) is 0 Å². The number of piperidine rings is 1. The zero-order chi connectivity index (χ0) is 22.6. The number of ether oxygens (including phenoxy) is 3. The topological polar surface area (TPSA) is 95.8 Å². The molecule has 0 radical (unpaired) electrons. The molecule has 2 aromatic heterocycles. The highest BCUT2D eigenvalue weighted by atomic mass is 16.6. The van der Waals surface area contributed by atoms with E-state index in [4.69, 9.17) is 14.2 Å². The van der Waals surface area contributed by atoms with Gasteiger partial charge in [-0.1, -0.05) is 0 Å². The number of pyridine rings is 1. The Bertz CT molecular complexity index is 926. The summed E-state index contributed by atoms with van der Waals surface area (Å²) in [5.41, 5.74) is 1.04. The van der Waals surface area contributed by atoms with Crippen LogP contribution in [0.1, 0.15) is 57.3 Å². The van der Waals surface area contributed by atoms with Gasteiger partial charge in [0.1, 0.15) is 11.2 Å². The van der Waals surface area contributed by atoms with E-state index >= 15 is 0 Å². The SMILES string of the molecule is CCOc1c(C(=O)OC)cnc2c1ncn2CCC1CCN(C(=O)OC(C)(C)C)CC1. The van der Waals surface area contributed by atoms with Crippen molar-refractivity contribution in [1.82, 2.24) is 19.4 Å². The first-order valence-corrected chi connectivity index (χ1v) is 10.8. The molecule has 0 bridgehead atoms. The van der Waals surface area contributed by atoms with Crippen LogP contribution in [-0.2, 0) is 16.0 Å². The highest BCUT2D eigenvalue weighted by Gasteiger charge is 2.27. The second-order valence-corrected chi connectivity index (χ2v) is 8.74. The van der Waals surface area contributed by atoms with E-state index in [9.17, 15) is 9.59 Å². The molecule has 170 valence electrons. The smallest absolute Gasteiger partial charge is 0.410 e. The van der Waals surface area contributed by atoms with Gasteiger partial charge in [0, 0.05) is 25.8 Å². The average Bonchev–Trinajstić information content (AvgIpc) is 3.14. The number of nitrogens with zero attached hydrogens (tertiary/aromatic N) is 4. The van der Waals surface area contributed by atoms with Gasteiger partial charge in [-0.3, -0.25) is 0 Å². The van der Waals surface area contributed by atoms with Gasteiger partial charge >= 0.3 is 12.1 Å². The predicted octanol–water partition coefficient (Wildman–Crippen LogP) is 3.65. The summed E-state index contributed by atoms with van der Waals surface area (Å²) in [5.74, 6) is 0.421. The molecule has 3 rings (SSSR count). The van der Waals surface area contributed by atoms with Crippen LogP contribution in [0.4, 0.5) is 4.79 Å². The van der Waals surface area contributed by atoms with Crippen molar-refractivity contribution in [2.24, 2.45) is 5.92 Å². The Hall–Kier alpha value is -2.84. The van der Waals surface area contributed by atoms with Gasteiger partial charge in [0.15, 0.2) is 16.9 Å². The van der Waals surface area contributed by atoms with Crippen molar-refractivity contribution in [2.45, 2.75) is 59.1 Å². The number of esters is 1. The van der Waals surface area contributed by atoms with Gasteiger partial charge in [-0.15, -0.1) is 0 Å². The first-order chi connectivity index (χ1) is 14.7. The summed E-state index contributed by atoms with van der Waals surface area (Å²) in [4.78, 5) is 34.9. The summed E-state index contributed by atoms with van der Waals surface area (Å²) in [6, 6.07) is 0. The second-order valence-electron chi connectivity index (χ2n) is 8.74. The molecule has 31 heavy (non-hydrogen) atoms. The Balaban J connectivity index is 1.63. The molecule has 2 aromatic rings. The van der Waals surface area contributed by atoms with Gasteiger partial charge < -0.3 is 23.7 Å². The minimum absolute atomic E-state index is 0.236. The normalized spacial score (nSPS) is 15.2. The lowest BCUT2D eigenvalue weighted by atomic mass is 9.94. The van der Waals surface area contributed by atoms with Crippen LogP contribution in [0.2, 0.25) is 0 Å². The van der Waals surface area contributed by atoms with Gasteiger partial charge in [0.2, 0.25) is 0 Å². The number of aromatic nitrogens is 3. The molecular weight excluding hydrogens is 400 g/mol. The number of likely N-dealkylation sites (tertiary alicyclic amines) is 1. The van der Waals surface area contributed by atoms with Crippen LogP contribution >= 0.6 is 0 Å². The second kappa shape index (κ2) is 9.53. The predicted molar refractivity (Wildman–Crippen MR) is 115 cm³/mol. The highest BCUT2D eigenvalue weighted by Crippen LogP contribution is 2.29. The fourth-order valence-electron chi connectivity index (χ4n) is 3.75. The molecule has 0 aromatic carbocycles. The van der Waals surface area contributed by atoms with Crippen LogP contribution in [0.25, 0.3) is 11.2 Å². The van der Waals surface area contributed by atoms with E-state index < -0.39 is 11.6 Å². The van der Waals surface area contributed by atoms with E-state index in [0.29, 0.717) is 42.5 Å². The Morgan fingerprint density at radius 2 is 1.90 bits per heavy atom. The number of imidazole rings is 1. The molecule has 0 N–H and O–H groups in total. The largest absolute Gasteiger partial charge is 0.490 e. The molecule has 1 amide bonds. The lowest BCUT2D eigenvalue weighted by molar-refractivity contribution is 0.0179. The summed E-state index contributed by atoms with van der Waals surface area (Å²) >= 11 is 0. The summed E-state index contributed by atoms with van der Waals surface area (Å²) in [6.45, 7) is 10.1. The van der Waals surface area contributed by atoms with E-state index in [0.717, 1.165) is 25.8 Å². The Morgan fingerprint density at radius 3 is 2.52 bits per heavy atom. The molecule has 3 heterocycles. The van der Waals surface area contributed by atoms with Crippen LogP contribution < -0.4 is 4.74 Å². The van der Waals surface area contributed by atoms with Crippen molar-refractivity contribution >= 4 is 23.2 Å². The Morgan fingerprint density at radius 1 is 1.19 bits per heavy atom. The molecule has 0 saturated carbocycles. The highest BCUT2D eigenvalue weighted by molar-refractivity contribution is 5.97. The Labute approximate surface area is 182 Å². The summed E-state index contributed by atoms with van der Waals surface area (Å²) in [5, 5.41) is 0. The van der Waals surface area contributed by atoms with Gasteiger partial charge in [-0.05, 0) is 52.9 Å². The molecule has 9 nitrogen and oxygen atoms in total. The minimum atomic E-state index is -0.496. The third kappa shape index (κ3) is 5.45. The first-order valence-electron chi connectivity index (χ1n) is 10.8. The molecule has 0 aliphatic carbocycles. The zero-order valence-corrected chi connectivity index (χ0v) is 19.0. The monoisotopic (exact) mass is 432 g/mol. The van der Waals surface area contributed by atoms with Crippen molar-refractivity contribution in [2.75, 3.05) is 26.8 Å². The lowest BCUT2D eigenvalue weighted by Crippen LogP contribution is -2.41. The molecule has 1 saturated heterocycles. The van der Waals surface area contributed by atoms with E-state index in [-0.39, 0.29) is 11.7 Å². The maximum atomic E-state index is 12.2. The van der Waals surface area contributed by atoms with Crippen molar-refractivity contribution in [1.29, 1.82) is 0 Å². The summed E-state index contributed by atoms with van der Waals surface area (Å²) in [6.07, 6.45) is 5.82. The van der Waals surface area contributed by atoms with Crippen molar-refractivity contribution < 1.29 is 23.8 Å². The standard InChI is InChI=1S/C22H32N4O5/c1-6-30-18-16(20(27)29-5)13-23-19-17(18)24-14-26(19)12-9-15-7-10-25(11-8-15)21(28)31-22(2,3)4/h13-15H,6-12H2,1-5H3. The molecule has 1 aliphatic heterocycles. The molecule has 9 heteroatoms. The van der Waals surface area contributed by atoms with Gasteiger partial charge in [-0.25, -0.2) is 19.6 Å². The number of rotatable bonds is 6. The molecule has 0 spiro atoms. The molecule has 1 fully saturated rings. The van der Waals surface area contributed by atoms with Gasteiger partial charge in [-0.2, -0.15) is 0 Å². The first kappa shape index (κ1) is 22.8. The average molecular weight is 433 g/mol. The fourth-order valence-corrected chi connectivity index (χ4v) is 3.75. The van der Waals surface area contributed by atoms with Crippen molar-refractivity contribution in [3.05, 3.63) is 18.1 Å². The molecule has 0 atom stereocenters. The van der Waals surface area contributed by atoms with Crippen LogP contribution in [0.15, 0.2) is 12.5 Å². The molecule has 1 aliphatic rings. The van der Waals surface area contributed by atoms with Crippen LogP contribution in [0, 0.1) is 5.92 Å². The number of amides is 1. The maximum Gasteiger partial charge on any atom is 0.410 e.